The van der Waals surface area contributed by atoms with Crippen LogP contribution >= 0.6 is 0 Å². The van der Waals surface area contributed by atoms with Crippen LogP contribution < -0.4 is 5.32 Å². The molecule has 0 fully saturated rings. The summed E-state index contributed by atoms with van der Waals surface area (Å²) in [5, 5.41) is 2.62. The number of pyridine rings is 1. The lowest BCUT2D eigenvalue weighted by Crippen LogP contribution is -2.13. The fraction of sp³-hybridized carbons (Fsp3) is 0.364. The number of hydrogen-bond donors (Lipinski definition) is 1. The van der Waals surface area contributed by atoms with E-state index in [9.17, 15) is 9.59 Å². The molecular weight excluding hydrogens is 208 g/mol. The van der Waals surface area contributed by atoms with E-state index in [4.69, 9.17) is 4.74 Å². The van der Waals surface area contributed by atoms with Gasteiger partial charge in [-0.3, -0.25) is 4.79 Å². The highest BCUT2D eigenvalue weighted by molar-refractivity contribution is 5.94. The maximum atomic E-state index is 11.5. The third-order valence-electron chi connectivity index (χ3n) is 1.98. The predicted octanol–water partition coefficient (Wildman–Crippen LogP) is 1.53. The molecule has 1 aromatic rings. The Morgan fingerprint density at radius 3 is 2.75 bits per heavy atom. The van der Waals surface area contributed by atoms with Gasteiger partial charge in [0, 0.05) is 24.4 Å². The second kappa shape index (κ2) is 5.25. The molecule has 0 aromatic carbocycles. The number of nitrogens with one attached hydrogen (secondary N) is 1. The molecule has 0 radical (unpaired) electrons. The first-order valence-electron chi connectivity index (χ1n) is 4.96. The third kappa shape index (κ3) is 2.79. The summed E-state index contributed by atoms with van der Waals surface area (Å²) >= 11 is 0. The van der Waals surface area contributed by atoms with E-state index in [0.29, 0.717) is 17.9 Å². The molecular formula is C11H14N2O3. The lowest BCUT2D eigenvalue weighted by atomic mass is 10.2. The molecule has 0 unspecified atom stereocenters. The van der Waals surface area contributed by atoms with E-state index in [1.807, 2.05) is 0 Å². The van der Waals surface area contributed by atoms with Crippen LogP contribution in [0, 0.1) is 6.92 Å². The average molecular weight is 222 g/mol. The standard InChI is InChI=1S/C11H14N2O3/c1-4-16-11(15)10-7(2)9(5-6-12-10)13-8(3)14/h5-6H,4H2,1-3H3,(H,12,13,14). The van der Waals surface area contributed by atoms with Gasteiger partial charge in [0.15, 0.2) is 5.69 Å². The highest BCUT2D eigenvalue weighted by Crippen LogP contribution is 2.17. The van der Waals surface area contributed by atoms with E-state index in [1.54, 1.807) is 19.9 Å². The molecule has 1 aromatic heterocycles. The number of hydrogen-bond acceptors (Lipinski definition) is 4. The Kier molecular flexibility index (Phi) is 3.99. The summed E-state index contributed by atoms with van der Waals surface area (Å²) in [4.78, 5) is 26.4. The first-order valence-corrected chi connectivity index (χ1v) is 4.96. The van der Waals surface area contributed by atoms with Crippen LogP contribution in [0.4, 0.5) is 5.69 Å². The number of aromatic nitrogens is 1. The number of esters is 1. The molecule has 0 saturated carbocycles. The van der Waals surface area contributed by atoms with Crippen LogP contribution in [-0.2, 0) is 9.53 Å². The Morgan fingerprint density at radius 2 is 2.19 bits per heavy atom. The Bertz CT molecular complexity index is 416. The average Bonchev–Trinajstić information content (AvgIpc) is 2.21. The van der Waals surface area contributed by atoms with Gasteiger partial charge in [-0.05, 0) is 19.9 Å². The van der Waals surface area contributed by atoms with Crippen LogP contribution in [0.2, 0.25) is 0 Å². The normalized spacial score (nSPS) is 9.69. The second-order valence-electron chi connectivity index (χ2n) is 3.23. The summed E-state index contributed by atoms with van der Waals surface area (Å²) in [6, 6.07) is 1.64. The smallest absolute Gasteiger partial charge is 0.357 e. The van der Waals surface area contributed by atoms with E-state index in [-0.39, 0.29) is 11.6 Å². The molecule has 16 heavy (non-hydrogen) atoms. The van der Waals surface area contributed by atoms with Gasteiger partial charge in [0.25, 0.3) is 0 Å². The van der Waals surface area contributed by atoms with Crippen LogP contribution in [0.1, 0.15) is 29.9 Å². The molecule has 1 heterocycles. The Hall–Kier alpha value is -1.91. The summed E-state index contributed by atoms with van der Waals surface area (Å²) in [6.45, 7) is 5.14. The summed E-state index contributed by atoms with van der Waals surface area (Å²) in [6.07, 6.45) is 1.46. The van der Waals surface area contributed by atoms with Gasteiger partial charge in [0.05, 0.1) is 6.61 Å². The quantitative estimate of drug-likeness (QED) is 0.787. The minimum absolute atomic E-state index is 0.191. The highest BCUT2D eigenvalue weighted by atomic mass is 16.5. The molecule has 5 nitrogen and oxygen atoms in total. The molecule has 0 aliphatic rings. The lowest BCUT2D eigenvalue weighted by molar-refractivity contribution is -0.114. The molecule has 0 aliphatic carbocycles. The fourth-order valence-corrected chi connectivity index (χ4v) is 1.27. The molecule has 5 heteroatoms. The molecule has 1 N–H and O–H groups in total. The van der Waals surface area contributed by atoms with Gasteiger partial charge in [-0.15, -0.1) is 0 Å². The van der Waals surface area contributed by atoms with E-state index in [0.717, 1.165) is 0 Å². The molecule has 1 amide bonds. The summed E-state index contributed by atoms with van der Waals surface area (Å²) in [7, 11) is 0. The Labute approximate surface area is 93.8 Å². The van der Waals surface area contributed by atoms with Gasteiger partial charge >= 0.3 is 5.97 Å². The van der Waals surface area contributed by atoms with Crippen LogP contribution in [-0.4, -0.2) is 23.5 Å². The van der Waals surface area contributed by atoms with Gasteiger partial charge < -0.3 is 10.1 Å². The maximum absolute atomic E-state index is 11.5. The monoisotopic (exact) mass is 222 g/mol. The SMILES string of the molecule is CCOC(=O)c1nccc(NC(C)=O)c1C. The maximum Gasteiger partial charge on any atom is 0.357 e. The van der Waals surface area contributed by atoms with Gasteiger partial charge in [-0.25, -0.2) is 9.78 Å². The molecule has 0 bridgehead atoms. The van der Waals surface area contributed by atoms with Gasteiger partial charge in [0.2, 0.25) is 5.91 Å². The number of anilines is 1. The van der Waals surface area contributed by atoms with Crippen molar-refractivity contribution in [1.29, 1.82) is 0 Å². The van der Waals surface area contributed by atoms with Crippen LogP contribution in [0.15, 0.2) is 12.3 Å². The summed E-state index contributed by atoms with van der Waals surface area (Å²) < 4.78 is 4.85. The minimum Gasteiger partial charge on any atom is -0.461 e. The summed E-state index contributed by atoms with van der Waals surface area (Å²) in [5.74, 6) is -0.670. The van der Waals surface area contributed by atoms with Crippen molar-refractivity contribution in [1.82, 2.24) is 4.98 Å². The van der Waals surface area contributed by atoms with Crippen molar-refractivity contribution < 1.29 is 14.3 Å². The zero-order valence-corrected chi connectivity index (χ0v) is 9.53. The van der Waals surface area contributed by atoms with Crippen molar-refractivity contribution >= 4 is 17.6 Å². The van der Waals surface area contributed by atoms with E-state index in [2.05, 4.69) is 10.3 Å². The number of ether oxygens (including phenoxy) is 1. The van der Waals surface area contributed by atoms with Crippen molar-refractivity contribution in [2.45, 2.75) is 20.8 Å². The molecule has 0 spiro atoms. The molecule has 0 aliphatic heterocycles. The number of rotatable bonds is 3. The second-order valence-corrected chi connectivity index (χ2v) is 3.23. The highest BCUT2D eigenvalue weighted by Gasteiger charge is 2.14. The van der Waals surface area contributed by atoms with Crippen molar-refractivity contribution in [2.75, 3.05) is 11.9 Å². The van der Waals surface area contributed by atoms with Crippen molar-refractivity contribution in [3.05, 3.63) is 23.5 Å². The topological polar surface area (TPSA) is 68.3 Å². The van der Waals surface area contributed by atoms with Crippen molar-refractivity contribution in [3.8, 4) is 0 Å². The van der Waals surface area contributed by atoms with Crippen LogP contribution in [0.25, 0.3) is 0 Å². The Morgan fingerprint density at radius 1 is 1.50 bits per heavy atom. The molecule has 1 rings (SSSR count). The number of carbonyl (C=O) groups is 2. The Balaban J connectivity index is 3.03. The van der Waals surface area contributed by atoms with Gasteiger partial charge in [-0.2, -0.15) is 0 Å². The van der Waals surface area contributed by atoms with Crippen molar-refractivity contribution in [2.24, 2.45) is 0 Å². The molecule has 86 valence electrons. The van der Waals surface area contributed by atoms with Crippen LogP contribution in [0.5, 0.6) is 0 Å². The summed E-state index contributed by atoms with van der Waals surface area (Å²) in [5.41, 5.74) is 1.41. The van der Waals surface area contributed by atoms with E-state index in [1.165, 1.54) is 13.1 Å². The molecule has 0 atom stereocenters. The van der Waals surface area contributed by atoms with Gasteiger partial charge in [-0.1, -0.05) is 0 Å². The zero-order valence-electron chi connectivity index (χ0n) is 9.53. The van der Waals surface area contributed by atoms with Crippen molar-refractivity contribution in [3.63, 3.8) is 0 Å². The lowest BCUT2D eigenvalue weighted by Gasteiger charge is -2.09. The number of carbonyl (C=O) groups excluding carboxylic acids is 2. The zero-order chi connectivity index (χ0) is 12.1. The molecule has 0 saturated heterocycles. The fourth-order valence-electron chi connectivity index (χ4n) is 1.27. The number of amides is 1. The first-order chi connectivity index (χ1) is 7.56. The third-order valence-corrected chi connectivity index (χ3v) is 1.98. The minimum atomic E-state index is -0.479. The first kappa shape index (κ1) is 12.2. The predicted molar refractivity (Wildman–Crippen MR) is 59.2 cm³/mol. The van der Waals surface area contributed by atoms with E-state index < -0.39 is 5.97 Å². The van der Waals surface area contributed by atoms with Crippen LogP contribution in [0.3, 0.4) is 0 Å². The largest absolute Gasteiger partial charge is 0.461 e. The number of nitrogens with zero attached hydrogens (tertiary/aromatic N) is 1. The van der Waals surface area contributed by atoms with Gasteiger partial charge in [0.1, 0.15) is 0 Å². The van der Waals surface area contributed by atoms with E-state index >= 15 is 0 Å².